The van der Waals surface area contributed by atoms with Crippen molar-refractivity contribution in [2.75, 3.05) is 11.8 Å². The highest BCUT2D eigenvalue weighted by atomic mass is 35.5. The van der Waals surface area contributed by atoms with Crippen molar-refractivity contribution in [1.82, 2.24) is 0 Å². The minimum absolute atomic E-state index is 0.256. The third-order valence-electron chi connectivity index (χ3n) is 1.34. The van der Waals surface area contributed by atoms with E-state index in [0.29, 0.717) is 0 Å². The van der Waals surface area contributed by atoms with E-state index in [2.05, 4.69) is 0 Å². The lowest BCUT2D eigenvalue weighted by Crippen LogP contribution is -2.43. The molecule has 4 nitrogen and oxygen atoms in total. The molecule has 0 bridgehead atoms. The highest BCUT2D eigenvalue weighted by Crippen LogP contribution is 2.04. The van der Waals surface area contributed by atoms with Gasteiger partial charge in [0.15, 0.2) is 5.78 Å². The summed E-state index contributed by atoms with van der Waals surface area (Å²) in [7, 11) is 0. The fourth-order valence-corrected chi connectivity index (χ4v) is 0.912. The number of carbonyl (C=O) groups excluding carboxylic acids is 1. The third kappa shape index (κ3) is 3.25. The number of hydrogen-bond donors (Lipinski definition) is 3. The lowest BCUT2D eigenvalue weighted by molar-refractivity contribution is -0.135. The number of carbonyl (C=O) groups is 1. The Balaban J connectivity index is 4.08. The van der Waals surface area contributed by atoms with Crippen molar-refractivity contribution in [2.24, 2.45) is 0 Å². The summed E-state index contributed by atoms with van der Waals surface area (Å²) >= 11 is 10.3. The largest absolute Gasteiger partial charge is 0.389 e. The van der Waals surface area contributed by atoms with Crippen LogP contribution in [0.4, 0.5) is 0 Å². The van der Waals surface area contributed by atoms with E-state index in [4.69, 9.17) is 38.5 Å². The monoisotopic (exact) mass is 216 g/mol. The van der Waals surface area contributed by atoms with Crippen LogP contribution in [0.2, 0.25) is 0 Å². The molecule has 12 heavy (non-hydrogen) atoms. The van der Waals surface area contributed by atoms with Crippen molar-refractivity contribution in [2.45, 2.75) is 18.3 Å². The van der Waals surface area contributed by atoms with Gasteiger partial charge in [0.25, 0.3) is 0 Å². The Hall–Kier alpha value is 0.130. The minimum atomic E-state index is -1.67. The fourth-order valence-electron chi connectivity index (χ4n) is 0.571. The summed E-state index contributed by atoms with van der Waals surface area (Å²) in [5.74, 6) is -1.41. The maximum absolute atomic E-state index is 10.7. The molecule has 3 atom stereocenters. The van der Waals surface area contributed by atoms with E-state index in [1.54, 1.807) is 0 Å². The van der Waals surface area contributed by atoms with Crippen molar-refractivity contribution in [3.63, 3.8) is 0 Å². The first kappa shape index (κ1) is 12.1. The van der Waals surface area contributed by atoms with Crippen LogP contribution in [0.5, 0.6) is 0 Å². The maximum atomic E-state index is 10.7. The second-order valence-corrected chi connectivity index (χ2v) is 2.83. The Bertz CT molecular complexity index is 152. The standard InChI is InChI=1S/C6H10Cl2O4/c7-1-3(9)5(11)6(12)4(10)2-8/h3,5-6,9,11-12H,1-2H2/t3-,5-,6-/m1/s1. The van der Waals surface area contributed by atoms with Crippen molar-refractivity contribution < 1.29 is 20.1 Å². The molecule has 0 rings (SSSR count). The zero-order chi connectivity index (χ0) is 9.72. The van der Waals surface area contributed by atoms with Gasteiger partial charge in [-0.3, -0.25) is 4.79 Å². The van der Waals surface area contributed by atoms with Crippen LogP contribution in [0.15, 0.2) is 0 Å². The van der Waals surface area contributed by atoms with Crippen molar-refractivity contribution in [3.05, 3.63) is 0 Å². The van der Waals surface area contributed by atoms with E-state index >= 15 is 0 Å². The van der Waals surface area contributed by atoms with Gasteiger partial charge in [0.2, 0.25) is 0 Å². The summed E-state index contributed by atoms with van der Waals surface area (Å²) < 4.78 is 0. The van der Waals surface area contributed by atoms with Crippen LogP contribution in [0.1, 0.15) is 0 Å². The van der Waals surface area contributed by atoms with Crippen molar-refractivity contribution >= 4 is 29.0 Å². The second kappa shape index (κ2) is 5.72. The smallest absolute Gasteiger partial charge is 0.178 e. The second-order valence-electron chi connectivity index (χ2n) is 2.26. The van der Waals surface area contributed by atoms with Crippen molar-refractivity contribution in [3.8, 4) is 0 Å². The molecule has 0 amide bonds. The van der Waals surface area contributed by atoms with Crippen LogP contribution >= 0.6 is 23.2 Å². The van der Waals surface area contributed by atoms with Gasteiger partial charge < -0.3 is 15.3 Å². The van der Waals surface area contributed by atoms with Crippen molar-refractivity contribution in [1.29, 1.82) is 0 Å². The van der Waals surface area contributed by atoms with E-state index in [9.17, 15) is 4.79 Å². The molecule has 0 aliphatic rings. The molecular formula is C6H10Cl2O4. The highest BCUT2D eigenvalue weighted by Gasteiger charge is 2.28. The van der Waals surface area contributed by atoms with E-state index in [0.717, 1.165) is 0 Å². The highest BCUT2D eigenvalue weighted by molar-refractivity contribution is 6.28. The molecule has 0 aromatic carbocycles. The molecule has 6 heteroatoms. The van der Waals surface area contributed by atoms with Gasteiger partial charge in [0, 0.05) is 0 Å². The third-order valence-corrected chi connectivity index (χ3v) is 1.92. The molecule has 0 fully saturated rings. The summed E-state index contributed by atoms with van der Waals surface area (Å²) in [6.07, 6.45) is -4.57. The first-order valence-electron chi connectivity index (χ1n) is 3.23. The fraction of sp³-hybridized carbons (Fsp3) is 0.833. The van der Waals surface area contributed by atoms with Crippen LogP contribution < -0.4 is 0 Å². The van der Waals surface area contributed by atoms with Crippen LogP contribution in [-0.2, 0) is 4.79 Å². The molecule has 0 aromatic rings. The Morgan fingerprint density at radius 3 is 2.08 bits per heavy atom. The van der Waals surface area contributed by atoms with Crippen LogP contribution in [0.3, 0.4) is 0 Å². The Morgan fingerprint density at radius 1 is 1.25 bits per heavy atom. The molecule has 0 heterocycles. The topological polar surface area (TPSA) is 77.8 Å². The van der Waals surface area contributed by atoms with Gasteiger partial charge in [-0.15, -0.1) is 23.2 Å². The number of hydrogen-bond acceptors (Lipinski definition) is 4. The molecule has 0 aliphatic heterocycles. The molecule has 0 aliphatic carbocycles. The first-order chi connectivity index (χ1) is 5.54. The van der Waals surface area contributed by atoms with E-state index < -0.39 is 30.0 Å². The van der Waals surface area contributed by atoms with Crippen LogP contribution in [-0.4, -0.2) is 51.2 Å². The zero-order valence-corrected chi connectivity index (χ0v) is 7.66. The van der Waals surface area contributed by atoms with Crippen LogP contribution in [0, 0.1) is 0 Å². The van der Waals surface area contributed by atoms with Gasteiger partial charge in [-0.1, -0.05) is 0 Å². The Kier molecular flexibility index (Phi) is 5.78. The van der Waals surface area contributed by atoms with E-state index in [1.165, 1.54) is 0 Å². The van der Waals surface area contributed by atoms with Crippen LogP contribution in [0.25, 0.3) is 0 Å². The summed E-state index contributed by atoms with van der Waals surface area (Å²) in [6.45, 7) is 0. The number of aliphatic hydroxyl groups excluding tert-OH is 3. The normalized spacial score (nSPS) is 18.4. The number of halogens is 2. The predicted molar refractivity (Wildman–Crippen MR) is 44.5 cm³/mol. The molecule has 0 unspecified atom stereocenters. The first-order valence-corrected chi connectivity index (χ1v) is 4.30. The summed E-state index contributed by atoms with van der Waals surface area (Å²) in [4.78, 5) is 10.7. The van der Waals surface area contributed by atoms with Gasteiger partial charge in [0.05, 0.1) is 17.9 Å². The molecule has 0 saturated carbocycles. The van der Waals surface area contributed by atoms with Gasteiger partial charge >= 0.3 is 0 Å². The summed E-state index contributed by atoms with van der Waals surface area (Å²) in [5.41, 5.74) is 0. The molecular weight excluding hydrogens is 207 g/mol. The zero-order valence-electron chi connectivity index (χ0n) is 6.15. The predicted octanol–water partition coefficient (Wildman–Crippen LogP) is -0.884. The Morgan fingerprint density at radius 2 is 1.75 bits per heavy atom. The molecule has 0 aromatic heterocycles. The number of rotatable bonds is 5. The summed E-state index contributed by atoms with van der Waals surface area (Å²) in [6, 6.07) is 0. The van der Waals surface area contributed by atoms with E-state index in [1.807, 2.05) is 0 Å². The lowest BCUT2D eigenvalue weighted by atomic mass is 10.1. The summed E-state index contributed by atoms with van der Waals surface area (Å²) in [5, 5.41) is 26.9. The van der Waals surface area contributed by atoms with Gasteiger partial charge in [-0.05, 0) is 0 Å². The Labute approximate surface area is 79.7 Å². The number of ketones is 1. The number of aliphatic hydroxyl groups is 3. The number of Topliss-reactive ketones (excluding diaryl/α,β-unsaturated/α-hetero) is 1. The molecule has 72 valence electrons. The van der Waals surface area contributed by atoms with Gasteiger partial charge in [0.1, 0.15) is 12.2 Å². The van der Waals surface area contributed by atoms with Gasteiger partial charge in [-0.25, -0.2) is 0 Å². The molecule has 3 N–H and O–H groups in total. The molecule has 0 spiro atoms. The molecule has 0 saturated heterocycles. The van der Waals surface area contributed by atoms with E-state index in [-0.39, 0.29) is 5.88 Å². The van der Waals surface area contributed by atoms with Gasteiger partial charge in [-0.2, -0.15) is 0 Å². The SMILES string of the molecule is O=C(CCl)[C@@H](O)[C@H](O)[C@H](O)CCl. The average Bonchev–Trinajstić information content (AvgIpc) is 2.12. The minimum Gasteiger partial charge on any atom is -0.389 e. The molecule has 0 radical (unpaired) electrons. The quantitative estimate of drug-likeness (QED) is 0.522. The maximum Gasteiger partial charge on any atom is 0.178 e. The number of alkyl halides is 2. The lowest BCUT2D eigenvalue weighted by Gasteiger charge is -2.19. The average molecular weight is 217 g/mol.